The van der Waals surface area contributed by atoms with Gasteiger partial charge in [-0.3, -0.25) is 24.1 Å². The average Bonchev–Trinajstić information content (AvgIpc) is 3.10. The molecule has 36 heavy (non-hydrogen) atoms. The Kier molecular flexibility index (Phi) is 10.1. The number of benzene rings is 2. The number of ether oxygens (including phenoxy) is 2. The second-order valence-corrected chi connectivity index (χ2v) is 9.47. The van der Waals surface area contributed by atoms with Gasteiger partial charge in [0.2, 0.25) is 0 Å². The second-order valence-electron chi connectivity index (χ2n) is 8.27. The second kappa shape index (κ2) is 13.3. The normalized spacial score (nSPS) is 14.2. The number of halogens is 1. The Labute approximate surface area is 222 Å². The number of amides is 3. The number of nitrogens with zero attached hydrogens (tertiary/aromatic N) is 1. The molecule has 1 heterocycles. The van der Waals surface area contributed by atoms with Crippen LogP contribution in [0.3, 0.4) is 0 Å². The topological polar surface area (TPSA) is 119 Å². The number of ketones is 1. The molecule has 2 unspecified atom stereocenters. The van der Waals surface area contributed by atoms with Gasteiger partial charge in [-0.05, 0) is 37.0 Å². The summed E-state index contributed by atoms with van der Waals surface area (Å²) in [4.78, 5) is 62.9. The maximum atomic E-state index is 12.6. The van der Waals surface area contributed by atoms with Crippen molar-refractivity contribution in [1.29, 1.82) is 0 Å². The highest BCUT2D eigenvalue weighted by Gasteiger charge is 2.35. The zero-order valence-electron chi connectivity index (χ0n) is 19.8. The molecule has 0 aliphatic carbocycles. The van der Waals surface area contributed by atoms with Crippen LogP contribution in [0.25, 0.3) is 0 Å². The Balaban J connectivity index is 1.59. The Bertz CT molecular complexity index is 1090. The molecule has 2 aromatic rings. The molecule has 190 valence electrons. The molecule has 9 nitrogen and oxygen atoms in total. The van der Waals surface area contributed by atoms with Crippen LogP contribution < -0.4 is 5.32 Å². The fourth-order valence-corrected chi connectivity index (χ4v) is 4.43. The number of methoxy groups -OCH3 is 1. The van der Waals surface area contributed by atoms with Crippen LogP contribution in [-0.4, -0.2) is 58.2 Å². The summed E-state index contributed by atoms with van der Waals surface area (Å²) in [5.41, 5.74) is 1.58. The van der Waals surface area contributed by atoms with E-state index in [9.17, 15) is 24.0 Å². The lowest BCUT2D eigenvalue weighted by Crippen LogP contribution is -2.48. The quantitative estimate of drug-likeness (QED) is 0.122. The smallest absolute Gasteiger partial charge is 0.407 e. The van der Waals surface area contributed by atoms with Crippen molar-refractivity contribution in [2.24, 2.45) is 0 Å². The highest BCUT2D eigenvalue weighted by molar-refractivity contribution is 14.1. The zero-order chi connectivity index (χ0) is 26.1. The summed E-state index contributed by atoms with van der Waals surface area (Å²) in [5.74, 6) is -1.12. The van der Waals surface area contributed by atoms with E-state index in [1.54, 1.807) is 24.3 Å². The first-order chi connectivity index (χ1) is 17.3. The monoisotopic (exact) mass is 606 g/mol. The van der Waals surface area contributed by atoms with E-state index in [1.807, 2.05) is 30.3 Å². The first-order valence-electron chi connectivity index (χ1n) is 11.5. The molecular weight excluding hydrogens is 579 g/mol. The molecule has 2 aromatic carbocycles. The third-order valence-electron chi connectivity index (χ3n) is 5.79. The van der Waals surface area contributed by atoms with Gasteiger partial charge in [0.05, 0.1) is 23.6 Å². The van der Waals surface area contributed by atoms with E-state index >= 15 is 0 Å². The Morgan fingerprint density at radius 1 is 0.944 bits per heavy atom. The lowest BCUT2D eigenvalue weighted by molar-refractivity contribution is -0.132. The van der Waals surface area contributed by atoms with Crippen LogP contribution in [-0.2, 0) is 25.7 Å². The highest BCUT2D eigenvalue weighted by atomic mass is 127. The van der Waals surface area contributed by atoms with E-state index in [0.717, 1.165) is 5.56 Å². The number of hydrogen-bond acceptors (Lipinski definition) is 7. The number of carbonyl (C=O) groups excluding carboxylic acids is 5. The number of rotatable bonds is 13. The van der Waals surface area contributed by atoms with Crippen molar-refractivity contribution in [2.45, 2.75) is 44.4 Å². The number of fused-ring (bicyclic) bond motifs is 1. The molecule has 3 rings (SSSR count). The molecule has 0 saturated heterocycles. The van der Waals surface area contributed by atoms with Crippen molar-refractivity contribution >= 4 is 50.1 Å². The van der Waals surface area contributed by atoms with Gasteiger partial charge in [-0.15, -0.1) is 0 Å². The van der Waals surface area contributed by atoms with Gasteiger partial charge < -0.3 is 14.8 Å². The van der Waals surface area contributed by atoms with Crippen molar-refractivity contribution in [3.05, 3.63) is 71.3 Å². The summed E-state index contributed by atoms with van der Waals surface area (Å²) in [6.45, 7) is 0.256. The number of imide groups is 1. The molecule has 3 amide bonds. The summed E-state index contributed by atoms with van der Waals surface area (Å²) in [7, 11) is 1.34. The van der Waals surface area contributed by atoms with Gasteiger partial charge >= 0.3 is 6.09 Å². The standard InChI is InChI=1S/C26H27IN2O7/c1-35-23(21(30)15-22(27)31)20(28-26(34)36-16-17-9-3-2-4-10-17)13-7-8-14-29-24(32)18-11-5-6-12-19(18)25(29)33/h2-6,9-12,20,23H,7-8,13-16H2,1H3,(H,28,34). The van der Waals surface area contributed by atoms with Gasteiger partial charge in [-0.25, -0.2) is 4.79 Å². The SMILES string of the molecule is COC(C(=O)CC(=O)I)C(CCCCN1C(=O)c2ccccc2C1=O)NC(=O)OCc1ccccc1. The van der Waals surface area contributed by atoms with E-state index in [2.05, 4.69) is 5.32 Å². The van der Waals surface area contributed by atoms with Crippen LogP contribution in [0.2, 0.25) is 0 Å². The summed E-state index contributed by atoms with van der Waals surface area (Å²) >= 11 is 1.54. The number of Topliss-reactive ketones (excluding diaryl/α,β-unsaturated/α-hetero) is 1. The molecule has 0 aromatic heterocycles. The molecule has 10 heteroatoms. The number of carbonyl (C=O) groups is 5. The van der Waals surface area contributed by atoms with Gasteiger partial charge in [-0.1, -0.05) is 42.5 Å². The van der Waals surface area contributed by atoms with Crippen LogP contribution in [0.5, 0.6) is 0 Å². The molecule has 1 aliphatic rings. The fourth-order valence-electron chi connectivity index (χ4n) is 4.05. The summed E-state index contributed by atoms with van der Waals surface area (Å²) in [5, 5.41) is 2.68. The predicted molar refractivity (Wildman–Crippen MR) is 139 cm³/mol. The van der Waals surface area contributed by atoms with Crippen LogP contribution in [0, 0.1) is 0 Å². The van der Waals surface area contributed by atoms with Gasteiger partial charge in [0, 0.05) is 36.2 Å². The Hall–Kier alpha value is -3.12. The molecule has 2 atom stereocenters. The minimum Gasteiger partial charge on any atom is -0.445 e. The summed E-state index contributed by atoms with van der Waals surface area (Å²) in [6, 6.07) is 15.1. The van der Waals surface area contributed by atoms with E-state index in [4.69, 9.17) is 9.47 Å². The van der Waals surface area contributed by atoms with Gasteiger partial charge in [-0.2, -0.15) is 0 Å². The van der Waals surface area contributed by atoms with Crippen molar-refractivity contribution in [3.8, 4) is 0 Å². The van der Waals surface area contributed by atoms with E-state index in [-0.39, 0.29) is 35.2 Å². The molecule has 1 N–H and O–H groups in total. The molecular formula is C26H27IN2O7. The zero-order valence-corrected chi connectivity index (χ0v) is 21.9. The molecule has 0 fully saturated rings. The maximum absolute atomic E-state index is 12.6. The van der Waals surface area contributed by atoms with E-state index in [0.29, 0.717) is 30.4 Å². The first-order valence-corrected chi connectivity index (χ1v) is 12.6. The fraction of sp³-hybridized carbons (Fsp3) is 0.346. The third-order valence-corrected chi connectivity index (χ3v) is 6.17. The molecule has 0 spiro atoms. The summed E-state index contributed by atoms with van der Waals surface area (Å²) in [6.07, 6.45) is -0.859. The Morgan fingerprint density at radius 2 is 1.56 bits per heavy atom. The van der Waals surface area contributed by atoms with Crippen molar-refractivity contribution in [1.82, 2.24) is 10.2 Å². The molecule has 0 bridgehead atoms. The lowest BCUT2D eigenvalue weighted by atomic mass is 9.99. The van der Waals surface area contributed by atoms with Crippen LogP contribution in [0.4, 0.5) is 4.79 Å². The van der Waals surface area contributed by atoms with Crippen molar-refractivity contribution in [3.63, 3.8) is 0 Å². The number of unbranched alkanes of at least 4 members (excludes halogenated alkanes) is 1. The van der Waals surface area contributed by atoms with Gasteiger partial charge in [0.25, 0.3) is 11.8 Å². The van der Waals surface area contributed by atoms with Crippen molar-refractivity contribution < 1.29 is 33.4 Å². The number of nitrogens with one attached hydrogen (secondary N) is 1. The van der Waals surface area contributed by atoms with Gasteiger partial charge in [0.15, 0.2) is 9.57 Å². The maximum Gasteiger partial charge on any atom is 0.407 e. The third kappa shape index (κ3) is 7.20. The largest absolute Gasteiger partial charge is 0.445 e. The first kappa shape index (κ1) is 27.5. The van der Waals surface area contributed by atoms with Gasteiger partial charge in [0.1, 0.15) is 12.7 Å². The van der Waals surface area contributed by atoms with Crippen molar-refractivity contribution in [2.75, 3.05) is 13.7 Å². The molecule has 0 saturated carbocycles. The molecule has 1 aliphatic heterocycles. The lowest BCUT2D eigenvalue weighted by Gasteiger charge is -2.26. The van der Waals surface area contributed by atoms with E-state index < -0.39 is 24.0 Å². The number of alkyl carbamates (subject to hydrolysis) is 1. The van der Waals surface area contributed by atoms with Crippen LogP contribution in [0.15, 0.2) is 54.6 Å². The predicted octanol–water partition coefficient (Wildman–Crippen LogP) is 3.68. The minimum absolute atomic E-state index is 0.0525. The average molecular weight is 606 g/mol. The minimum atomic E-state index is -1.05. The van der Waals surface area contributed by atoms with E-state index in [1.165, 1.54) is 34.6 Å². The molecule has 0 radical (unpaired) electrons. The Morgan fingerprint density at radius 3 is 2.14 bits per heavy atom. The number of hydrogen-bond donors (Lipinski definition) is 1. The highest BCUT2D eigenvalue weighted by Crippen LogP contribution is 2.23. The summed E-state index contributed by atoms with van der Waals surface area (Å²) < 4.78 is 10.3. The van der Waals surface area contributed by atoms with Crippen LogP contribution in [0.1, 0.15) is 52.0 Å². The van der Waals surface area contributed by atoms with Crippen LogP contribution >= 0.6 is 22.6 Å².